The molecule has 0 bridgehead atoms. The summed E-state index contributed by atoms with van der Waals surface area (Å²) in [4.78, 5) is 23.7. The van der Waals surface area contributed by atoms with E-state index in [-0.39, 0.29) is 17.7 Å². The minimum Gasteiger partial charge on any atom is -0.348 e. The topological polar surface area (TPSA) is 52.6 Å². The van der Waals surface area contributed by atoms with E-state index in [1.807, 2.05) is 13.8 Å². The molecule has 1 aliphatic heterocycles. The van der Waals surface area contributed by atoms with Gasteiger partial charge in [-0.15, -0.1) is 0 Å². The average molecular weight is 240 g/mol. The van der Waals surface area contributed by atoms with Crippen molar-refractivity contribution in [3.05, 3.63) is 0 Å². The lowest BCUT2D eigenvalue weighted by molar-refractivity contribution is -0.145. The SMILES string of the molecule is CC1(C)OC[C@@H](CC2C(=O)CCCCC2=O)O1. The molecular weight excluding hydrogens is 220 g/mol. The third-order valence-corrected chi connectivity index (χ3v) is 3.44. The Bertz CT molecular complexity index is 303. The Morgan fingerprint density at radius 2 is 1.76 bits per heavy atom. The zero-order valence-corrected chi connectivity index (χ0v) is 10.5. The van der Waals surface area contributed by atoms with E-state index >= 15 is 0 Å². The zero-order valence-electron chi connectivity index (χ0n) is 10.5. The summed E-state index contributed by atoms with van der Waals surface area (Å²) in [6, 6.07) is 0. The molecule has 0 aromatic carbocycles. The van der Waals surface area contributed by atoms with Crippen LogP contribution < -0.4 is 0 Å². The molecule has 4 heteroatoms. The minimum absolute atomic E-state index is 0.0841. The molecule has 17 heavy (non-hydrogen) atoms. The van der Waals surface area contributed by atoms with Crippen molar-refractivity contribution < 1.29 is 19.1 Å². The second-order valence-electron chi connectivity index (χ2n) is 5.38. The minimum atomic E-state index is -0.582. The van der Waals surface area contributed by atoms with Gasteiger partial charge in [0, 0.05) is 12.8 Å². The van der Waals surface area contributed by atoms with E-state index in [1.165, 1.54) is 0 Å². The predicted molar refractivity (Wildman–Crippen MR) is 61.5 cm³/mol. The fraction of sp³-hybridized carbons (Fsp3) is 0.846. The van der Waals surface area contributed by atoms with Crippen molar-refractivity contribution in [3.8, 4) is 0 Å². The fourth-order valence-corrected chi connectivity index (χ4v) is 2.53. The van der Waals surface area contributed by atoms with Crippen LogP contribution in [0.25, 0.3) is 0 Å². The third kappa shape index (κ3) is 3.13. The van der Waals surface area contributed by atoms with Gasteiger partial charge in [-0.25, -0.2) is 0 Å². The van der Waals surface area contributed by atoms with E-state index in [2.05, 4.69) is 0 Å². The second-order valence-corrected chi connectivity index (χ2v) is 5.38. The summed E-state index contributed by atoms with van der Waals surface area (Å²) in [7, 11) is 0. The van der Waals surface area contributed by atoms with Gasteiger partial charge in [0.15, 0.2) is 5.79 Å². The van der Waals surface area contributed by atoms with Crippen LogP contribution in [0.5, 0.6) is 0 Å². The maximum Gasteiger partial charge on any atom is 0.163 e. The van der Waals surface area contributed by atoms with Gasteiger partial charge in [0.25, 0.3) is 0 Å². The Morgan fingerprint density at radius 1 is 1.18 bits per heavy atom. The second kappa shape index (κ2) is 4.86. The van der Waals surface area contributed by atoms with E-state index in [9.17, 15) is 9.59 Å². The van der Waals surface area contributed by atoms with Crippen molar-refractivity contribution in [2.24, 2.45) is 5.92 Å². The number of Topliss-reactive ketones (excluding diaryl/α,β-unsaturated/α-hetero) is 2. The molecule has 4 nitrogen and oxygen atoms in total. The molecule has 1 saturated carbocycles. The van der Waals surface area contributed by atoms with Gasteiger partial charge < -0.3 is 9.47 Å². The molecule has 1 heterocycles. The first kappa shape index (κ1) is 12.7. The monoisotopic (exact) mass is 240 g/mol. The van der Waals surface area contributed by atoms with Crippen molar-refractivity contribution in [1.29, 1.82) is 0 Å². The van der Waals surface area contributed by atoms with Crippen LogP contribution in [-0.4, -0.2) is 30.1 Å². The highest BCUT2D eigenvalue weighted by atomic mass is 16.7. The summed E-state index contributed by atoms with van der Waals surface area (Å²) < 4.78 is 11.1. The summed E-state index contributed by atoms with van der Waals surface area (Å²) in [5.74, 6) is -0.872. The quantitative estimate of drug-likeness (QED) is 0.546. The first-order valence-corrected chi connectivity index (χ1v) is 6.35. The zero-order chi connectivity index (χ0) is 12.5. The standard InChI is InChI=1S/C13H20O4/c1-13(2)16-8-9(17-13)7-10-11(14)5-3-4-6-12(10)15/h9-10H,3-8H2,1-2H3/t9-/m1/s1. The van der Waals surface area contributed by atoms with Crippen LogP contribution in [-0.2, 0) is 19.1 Å². The van der Waals surface area contributed by atoms with Gasteiger partial charge in [0.2, 0.25) is 0 Å². The number of hydrogen-bond donors (Lipinski definition) is 0. The van der Waals surface area contributed by atoms with Crippen LogP contribution in [0.4, 0.5) is 0 Å². The predicted octanol–water partition coefficient (Wildman–Crippen LogP) is 1.86. The van der Waals surface area contributed by atoms with Crippen LogP contribution in [0, 0.1) is 5.92 Å². The Hall–Kier alpha value is -0.740. The van der Waals surface area contributed by atoms with E-state index < -0.39 is 11.7 Å². The molecule has 2 aliphatic rings. The van der Waals surface area contributed by atoms with Gasteiger partial charge in [-0.05, 0) is 33.1 Å². The van der Waals surface area contributed by atoms with E-state index in [1.54, 1.807) is 0 Å². The summed E-state index contributed by atoms with van der Waals surface area (Å²) in [6.45, 7) is 4.18. The molecule has 96 valence electrons. The molecule has 0 aromatic heterocycles. The van der Waals surface area contributed by atoms with Gasteiger partial charge in [-0.3, -0.25) is 9.59 Å². The van der Waals surface area contributed by atoms with Crippen molar-refractivity contribution in [2.75, 3.05) is 6.61 Å². The molecular formula is C13H20O4. The van der Waals surface area contributed by atoms with Crippen LogP contribution in [0.3, 0.4) is 0 Å². The van der Waals surface area contributed by atoms with Crippen LogP contribution in [0.1, 0.15) is 46.0 Å². The molecule has 0 N–H and O–H groups in total. The Kier molecular flexibility index (Phi) is 3.64. The molecule has 0 aromatic rings. The lowest BCUT2D eigenvalue weighted by Crippen LogP contribution is -2.29. The number of carbonyl (C=O) groups excluding carboxylic acids is 2. The summed E-state index contributed by atoms with van der Waals surface area (Å²) in [6.07, 6.45) is 3.12. The number of rotatable bonds is 2. The maximum absolute atomic E-state index is 11.9. The summed E-state index contributed by atoms with van der Waals surface area (Å²) in [5, 5.41) is 0. The number of carbonyl (C=O) groups is 2. The van der Waals surface area contributed by atoms with Gasteiger partial charge in [0.05, 0.1) is 18.6 Å². The molecule has 0 unspecified atom stereocenters. The molecule has 2 fully saturated rings. The Labute approximate surface area is 102 Å². The number of ether oxygens (including phenoxy) is 2. The molecule has 0 radical (unpaired) electrons. The third-order valence-electron chi connectivity index (χ3n) is 3.44. The largest absolute Gasteiger partial charge is 0.348 e. The normalized spacial score (nSPS) is 30.6. The van der Waals surface area contributed by atoms with Gasteiger partial charge in [-0.2, -0.15) is 0 Å². The first-order chi connectivity index (χ1) is 7.98. The summed E-state index contributed by atoms with van der Waals surface area (Å²) in [5.41, 5.74) is 0. The maximum atomic E-state index is 11.9. The fourth-order valence-electron chi connectivity index (χ4n) is 2.53. The molecule has 1 atom stereocenters. The lowest BCUT2D eigenvalue weighted by Gasteiger charge is -2.19. The highest BCUT2D eigenvalue weighted by molar-refractivity contribution is 6.03. The van der Waals surface area contributed by atoms with E-state index in [0.29, 0.717) is 25.9 Å². The van der Waals surface area contributed by atoms with Crippen LogP contribution >= 0.6 is 0 Å². The molecule has 0 amide bonds. The van der Waals surface area contributed by atoms with Crippen molar-refractivity contribution in [2.45, 2.75) is 57.8 Å². The Balaban J connectivity index is 1.97. The smallest absolute Gasteiger partial charge is 0.163 e. The van der Waals surface area contributed by atoms with Gasteiger partial charge in [0.1, 0.15) is 11.6 Å². The highest BCUT2D eigenvalue weighted by Crippen LogP contribution is 2.29. The van der Waals surface area contributed by atoms with Crippen LogP contribution in [0.2, 0.25) is 0 Å². The van der Waals surface area contributed by atoms with Crippen molar-refractivity contribution >= 4 is 11.6 Å². The molecule has 0 spiro atoms. The molecule has 1 aliphatic carbocycles. The molecule has 2 rings (SSSR count). The number of hydrogen-bond acceptors (Lipinski definition) is 4. The average Bonchev–Trinajstić information content (AvgIpc) is 2.52. The van der Waals surface area contributed by atoms with E-state index in [0.717, 1.165) is 12.8 Å². The first-order valence-electron chi connectivity index (χ1n) is 6.35. The highest BCUT2D eigenvalue weighted by Gasteiger charge is 2.37. The Morgan fingerprint density at radius 3 is 2.24 bits per heavy atom. The van der Waals surface area contributed by atoms with Crippen LogP contribution in [0.15, 0.2) is 0 Å². The lowest BCUT2D eigenvalue weighted by atomic mass is 9.91. The summed E-state index contributed by atoms with van der Waals surface area (Å²) >= 11 is 0. The number of ketones is 2. The molecule has 1 saturated heterocycles. The van der Waals surface area contributed by atoms with Gasteiger partial charge >= 0.3 is 0 Å². The van der Waals surface area contributed by atoms with Crippen molar-refractivity contribution in [3.63, 3.8) is 0 Å². The van der Waals surface area contributed by atoms with Gasteiger partial charge in [-0.1, -0.05) is 0 Å². The van der Waals surface area contributed by atoms with Crippen molar-refractivity contribution in [1.82, 2.24) is 0 Å². The van der Waals surface area contributed by atoms with E-state index in [4.69, 9.17) is 9.47 Å².